The van der Waals surface area contributed by atoms with Crippen molar-refractivity contribution in [3.63, 3.8) is 0 Å². The summed E-state index contributed by atoms with van der Waals surface area (Å²) in [6.07, 6.45) is 4.08. The number of likely N-dealkylation sites (tertiary alicyclic amines) is 1. The first kappa shape index (κ1) is 30.7. The molecule has 13 heteroatoms. The Bertz CT molecular complexity index is 1130. The van der Waals surface area contributed by atoms with E-state index in [0.29, 0.717) is 38.8 Å². The normalized spacial score (nSPS) is 35.1. The first-order valence-electron chi connectivity index (χ1n) is 15.4. The van der Waals surface area contributed by atoms with Gasteiger partial charge >= 0.3 is 0 Å². The fourth-order valence-corrected chi connectivity index (χ4v) is 7.37. The van der Waals surface area contributed by atoms with E-state index in [0.717, 1.165) is 12.8 Å². The summed E-state index contributed by atoms with van der Waals surface area (Å²) in [5.74, 6) is -2.76. The van der Waals surface area contributed by atoms with Gasteiger partial charge in [0.2, 0.25) is 29.5 Å². The number of carbonyl (C=O) groups is 5. The summed E-state index contributed by atoms with van der Waals surface area (Å²) in [6, 6.07) is -3.40. The van der Waals surface area contributed by atoms with Gasteiger partial charge in [-0.25, -0.2) is 0 Å². The fourth-order valence-electron chi connectivity index (χ4n) is 7.37. The number of primary amides is 1. The van der Waals surface area contributed by atoms with Gasteiger partial charge in [0, 0.05) is 38.8 Å². The molecule has 1 aliphatic carbocycles. The lowest BCUT2D eigenvalue weighted by molar-refractivity contribution is -0.142. The number of rotatable bonds is 12. The molecule has 5 fully saturated rings. The summed E-state index contributed by atoms with van der Waals surface area (Å²) in [7, 11) is 0. The lowest BCUT2D eigenvalue weighted by Crippen LogP contribution is -2.60. The number of amides is 5. The molecule has 1 unspecified atom stereocenters. The number of ether oxygens (including phenoxy) is 2. The van der Waals surface area contributed by atoms with Gasteiger partial charge in [-0.3, -0.25) is 29.3 Å². The Morgan fingerprint density at radius 3 is 2.36 bits per heavy atom. The smallest absolute Gasteiger partial charge is 0.246 e. The first-order chi connectivity index (χ1) is 19.8. The Morgan fingerprint density at radius 2 is 1.71 bits per heavy atom. The highest BCUT2D eigenvalue weighted by Gasteiger charge is 2.82. The van der Waals surface area contributed by atoms with Gasteiger partial charge in [-0.1, -0.05) is 34.1 Å². The molecule has 5 rings (SSSR count). The fraction of sp³-hybridized carbons (Fsp3) is 0.828. The van der Waals surface area contributed by atoms with Crippen LogP contribution in [-0.4, -0.2) is 95.2 Å². The van der Waals surface area contributed by atoms with Crippen molar-refractivity contribution in [3.05, 3.63) is 0 Å². The summed E-state index contributed by atoms with van der Waals surface area (Å²) >= 11 is 0. The molecule has 6 N–H and O–H groups in total. The topological polar surface area (TPSA) is 188 Å². The highest BCUT2D eigenvalue weighted by Crippen LogP contribution is 2.67. The van der Waals surface area contributed by atoms with Crippen molar-refractivity contribution in [2.75, 3.05) is 13.1 Å². The highest BCUT2D eigenvalue weighted by molar-refractivity contribution is 5.95. The molecule has 0 aromatic rings. The van der Waals surface area contributed by atoms with Gasteiger partial charge in [0.05, 0.1) is 12.2 Å². The van der Waals surface area contributed by atoms with Crippen LogP contribution in [0.1, 0.15) is 73.1 Å². The molecule has 4 heterocycles. The first-order valence-corrected chi connectivity index (χ1v) is 15.4. The van der Waals surface area contributed by atoms with E-state index in [1.54, 1.807) is 0 Å². The number of nitrogens with one attached hydrogen (secondary N) is 4. The van der Waals surface area contributed by atoms with Gasteiger partial charge in [0.15, 0.2) is 5.72 Å². The van der Waals surface area contributed by atoms with E-state index < -0.39 is 53.2 Å². The molecule has 13 nitrogen and oxygen atoms in total. The van der Waals surface area contributed by atoms with Gasteiger partial charge in [-0.05, 0) is 31.1 Å². The predicted octanol–water partition coefficient (Wildman–Crippen LogP) is -0.725. The predicted molar refractivity (Wildman–Crippen MR) is 150 cm³/mol. The zero-order valence-corrected chi connectivity index (χ0v) is 25.2. The molecule has 0 bridgehead atoms. The van der Waals surface area contributed by atoms with Crippen molar-refractivity contribution < 1.29 is 33.4 Å². The standard InChI is InChI=1S/C29H46N6O7/c1-6-15(4)23(27(40)35-9-7-8-19(35)24(30)37)34-26(39)22(14(2)3)33-25(38)18(32-16(5)36)10-17-13-31-29-12-21-20(41-21)11-28(17,29)42-29/h14-15,17-23,31H,6-13H2,1-5H3,(H2,30,37)(H,32,36)(H,33,38)(H,34,39)/t15-,17?,18-,19-,20-,21+,22-,23-,28+,29+/m0/s1. The number of epoxide rings is 2. The van der Waals surface area contributed by atoms with Crippen LogP contribution in [0.15, 0.2) is 0 Å². The van der Waals surface area contributed by atoms with Crippen LogP contribution in [0.2, 0.25) is 0 Å². The number of nitrogens with zero attached hydrogens (tertiary/aromatic N) is 1. The monoisotopic (exact) mass is 590 g/mol. The molecule has 0 aromatic carbocycles. The van der Waals surface area contributed by atoms with Crippen molar-refractivity contribution in [1.82, 2.24) is 26.2 Å². The van der Waals surface area contributed by atoms with Crippen LogP contribution in [0.5, 0.6) is 0 Å². The molecule has 0 radical (unpaired) electrons. The molecule has 5 aliphatic rings. The number of hydrogen-bond acceptors (Lipinski definition) is 8. The molecule has 5 amide bonds. The average Bonchev–Trinajstić information content (AvgIpc) is 3.69. The minimum atomic E-state index is -0.954. The van der Waals surface area contributed by atoms with Crippen molar-refractivity contribution in [2.45, 2.75) is 121 Å². The molecule has 0 spiro atoms. The van der Waals surface area contributed by atoms with Gasteiger partial charge in [0.1, 0.15) is 29.8 Å². The second kappa shape index (κ2) is 11.4. The largest absolute Gasteiger partial charge is 0.369 e. The van der Waals surface area contributed by atoms with E-state index in [1.165, 1.54) is 11.8 Å². The molecule has 4 saturated heterocycles. The Balaban J connectivity index is 1.27. The number of hydrogen-bond donors (Lipinski definition) is 5. The third-order valence-corrected chi connectivity index (χ3v) is 10.1. The lowest BCUT2D eigenvalue weighted by Gasteiger charge is -2.33. The van der Waals surface area contributed by atoms with Crippen molar-refractivity contribution >= 4 is 29.5 Å². The molecule has 0 aromatic heterocycles. The van der Waals surface area contributed by atoms with Crippen molar-refractivity contribution in [2.24, 2.45) is 23.5 Å². The van der Waals surface area contributed by atoms with E-state index in [1.807, 2.05) is 27.7 Å². The van der Waals surface area contributed by atoms with E-state index in [4.69, 9.17) is 15.2 Å². The van der Waals surface area contributed by atoms with E-state index in [2.05, 4.69) is 21.3 Å². The van der Waals surface area contributed by atoms with Crippen LogP contribution < -0.4 is 27.0 Å². The maximum atomic E-state index is 13.7. The quantitative estimate of drug-likeness (QED) is 0.184. The van der Waals surface area contributed by atoms with Crippen LogP contribution >= 0.6 is 0 Å². The Hall–Kier alpha value is -2.77. The lowest BCUT2D eigenvalue weighted by atomic mass is 9.77. The minimum absolute atomic E-state index is 0.0114. The molecular weight excluding hydrogens is 544 g/mol. The average molecular weight is 591 g/mol. The van der Waals surface area contributed by atoms with Crippen molar-refractivity contribution in [3.8, 4) is 0 Å². The second-order valence-corrected chi connectivity index (χ2v) is 13.2. The summed E-state index contributed by atoms with van der Waals surface area (Å²) in [5.41, 5.74) is 4.73. The summed E-state index contributed by atoms with van der Waals surface area (Å²) < 4.78 is 12.0. The number of carbonyl (C=O) groups excluding carboxylic acids is 5. The third kappa shape index (κ3) is 5.50. The van der Waals surface area contributed by atoms with Gasteiger partial charge in [0.25, 0.3) is 0 Å². The molecule has 4 aliphatic heterocycles. The SMILES string of the molecule is CC[C@H](C)[C@H](NC(=O)[C@@H](NC(=O)[C@H](CC1CN[C@@]23C[C@H]4O[C@H]4C[C@@]12O3)NC(C)=O)C(C)C)C(=O)N1CCC[C@H]1C(N)=O. The van der Waals surface area contributed by atoms with Crippen LogP contribution in [0.4, 0.5) is 0 Å². The van der Waals surface area contributed by atoms with E-state index >= 15 is 0 Å². The Morgan fingerprint density at radius 1 is 1.02 bits per heavy atom. The zero-order chi connectivity index (χ0) is 30.6. The summed E-state index contributed by atoms with van der Waals surface area (Å²) in [5, 5.41) is 12.0. The molecule has 10 atom stereocenters. The molecule has 42 heavy (non-hydrogen) atoms. The highest BCUT2D eigenvalue weighted by atomic mass is 16.7. The number of nitrogens with two attached hydrogens (primary N) is 1. The minimum Gasteiger partial charge on any atom is -0.369 e. The van der Waals surface area contributed by atoms with E-state index in [-0.39, 0.29) is 41.8 Å². The second-order valence-electron chi connectivity index (χ2n) is 13.2. The maximum absolute atomic E-state index is 13.7. The van der Waals surface area contributed by atoms with E-state index in [9.17, 15) is 24.0 Å². The van der Waals surface area contributed by atoms with Gasteiger partial charge < -0.3 is 36.1 Å². The van der Waals surface area contributed by atoms with Gasteiger partial charge in [-0.15, -0.1) is 0 Å². The van der Waals surface area contributed by atoms with Crippen LogP contribution in [0, 0.1) is 17.8 Å². The Labute approximate surface area is 246 Å². The van der Waals surface area contributed by atoms with Crippen LogP contribution in [-0.2, 0) is 33.4 Å². The molecular formula is C29H46N6O7. The van der Waals surface area contributed by atoms with Crippen LogP contribution in [0.25, 0.3) is 0 Å². The third-order valence-electron chi connectivity index (χ3n) is 10.1. The molecule has 234 valence electrons. The maximum Gasteiger partial charge on any atom is 0.246 e. The van der Waals surface area contributed by atoms with Gasteiger partial charge in [-0.2, -0.15) is 0 Å². The van der Waals surface area contributed by atoms with Crippen LogP contribution in [0.3, 0.4) is 0 Å². The molecule has 1 saturated carbocycles. The zero-order valence-electron chi connectivity index (χ0n) is 25.2. The number of fused-ring (bicyclic) bond motifs is 1. The Kier molecular flexibility index (Phi) is 8.31. The summed E-state index contributed by atoms with van der Waals surface area (Å²) in [6.45, 7) is 9.82. The summed E-state index contributed by atoms with van der Waals surface area (Å²) in [4.78, 5) is 66.4. The van der Waals surface area contributed by atoms with Crippen molar-refractivity contribution in [1.29, 1.82) is 0 Å².